The highest BCUT2D eigenvalue weighted by Crippen LogP contribution is 2.35. The molecule has 0 bridgehead atoms. The fourth-order valence-electron chi connectivity index (χ4n) is 1.26. The third kappa shape index (κ3) is 3.39. The molecule has 1 aromatic carbocycles. The van der Waals surface area contributed by atoms with Crippen molar-refractivity contribution in [3.8, 4) is 0 Å². The number of alkyl halides is 3. The summed E-state index contributed by atoms with van der Waals surface area (Å²) in [6.07, 6.45) is -4.74. The van der Waals surface area contributed by atoms with Gasteiger partial charge in [0.05, 0.1) is 16.7 Å². The number of aliphatic hydroxyl groups is 1. The monoisotopic (exact) mass is 238 g/mol. The van der Waals surface area contributed by atoms with Gasteiger partial charge in [0.2, 0.25) is 0 Å². The molecule has 0 saturated carbocycles. The van der Waals surface area contributed by atoms with E-state index in [1.807, 2.05) is 0 Å². The second-order valence-corrected chi connectivity index (χ2v) is 3.77. The van der Waals surface area contributed by atoms with Gasteiger partial charge in [-0.15, -0.1) is 0 Å². The van der Waals surface area contributed by atoms with Gasteiger partial charge in [-0.3, -0.25) is 0 Å². The van der Waals surface area contributed by atoms with Crippen molar-refractivity contribution in [1.29, 1.82) is 0 Å². The van der Waals surface area contributed by atoms with Crippen LogP contribution in [-0.2, 0) is 12.6 Å². The van der Waals surface area contributed by atoms with Crippen molar-refractivity contribution in [2.45, 2.75) is 25.6 Å². The Morgan fingerprint density at radius 2 is 2.00 bits per heavy atom. The number of hydrogen-bond donors (Lipinski definition) is 1. The van der Waals surface area contributed by atoms with E-state index in [4.69, 9.17) is 16.7 Å². The van der Waals surface area contributed by atoms with Crippen LogP contribution in [0.1, 0.15) is 18.1 Å². The summed E-state index contributed by atoms with van der Waals surface area (Å²) in [7, 11) is 0. The number of hydrogen-bond acceptors (Lipinski definition) is 1. The van der Waals surface area contributed by atoms with Crippen LogP contribution in [0.25, 0.3) is 0 Å². The molecule has 0 aliphatic heterocycles. The molecule has 1 nitrogen and oxygen atoms in total. The zero-order valence-electron chi connectivity index (χ0n) is 7.98. The van der Waals surface area contributed by atoms with Crippen molar-refractivity contribution in [2.24, 2.45) is 0 Å². The summed E-state index contributed by atoms with van der Waals surface area (Å²) in [6, 6.07) is 3.48. The standard InChI is InChI=1S/C10H10ClF3O/c1-6(15)4-7-2-3-8(9(11)5-7)10(12,13)14/h2-3,5-6,15H,4H2,1H3/t6-/m0/s1. The minimum absolute atomic E-state index is 0.290. The second-order valence-electron chi connectivity index (χ2n) is 3.37. The quantitative estimate of drug-likeness (QED) is 0.838. The summed E-state index contributed by atoms with van der Waals surface area (Å²) in [6.45, 7) is 1.56. The fraction of sp³-hybridized carbons (Fsp3) is 0.400. The number of rotatable bonds is 2. The van der Waals surface area contributed by atoms with E-state index in [-0.39, 0.29) is 11.4 Å². The SMILES string of the molecule is C[C@H](O)Cc1ccc(C(F)(F)F)c(Cl)c1. The third-order valence-corrected chi connectivity index (χ3v) is 2.18. The van der Waals surface area contributed by atoms with E-state index in [1.54, 1.807) is 6.92 Å². The molecular weight excluding hydrogens is 229 g/mol. The molecule has 0 fully saturated rings. The highest BCUT2D eigenvalue weighted by atomic mass is 35.5. The second kappa shape index (κ2) is 4.41. The van der Waals surface area contributed by atoms with Crippen molar-refractivity contribution < 1.29 is 18.3 Å². The van der Waals surface area contributed by atoms with Gasteiger partial charge in [0, 0.05) is 0 Å². The molecule has 5 heteroatoms. The van der Waals surface area contributed by atoms with Crippen molar-refractivity contribution in [3.05, 3.63) is 34.3 Å². The first-order valence-corrected chi connectivity index (χ1v) is 4.72. The number of benzene rings is 1. The first-order chi connectivity index (χ1) is 6.80. The van der Waals surface area contributed by atoms with Crippen LogP contribution < -0.4 is 0 Å². The van der Waals surface area contributed by atoms with Gasteiger partial charge in [-0.05, 0) is 31.0 Å². The molecule has 1 rings (SSSR count). The van der Waals surface area contributed by atoms with Crippen LogP contribution in [0.4, 0.5) is 13.2 Å². The Morgan fingerprint density at radius 3 is 2.40 bits per heavy atom. The van der Waals surface area contributed by atoms with Crippen LogP contribution in [0.3, 0.4) is 0 Å². The Hall–Kier alpha value is -0.740. The zero-order chi connectivity index (χ0) is 11.6. The fourth-order valence-corrected chi connectivity index (χ4v) is 1.57. The van der Waals surface area contributed by atoms with Crippen molar-refractivity contribution >= 4 is 11.6 Å². The highest BCUT2D eigenvalue weighted by Gasteiger charge is 2.32. The predicted octanol–water partition coefficient (Wildman–Crippen LogP) is 3.28. The van der Waals surface area contributed by atoms with Crippen molar-refractivity contribution in [1.82, 2.24) is 0 Å². The summed E-state index contributed by atoms with van der Waals surface area (Å²) in [4.78, 5) is 0. The molecule has 1 atom stereocenters. The normalized spacial score (nSPS) is 14.0. The van der Waals surface area contributed by atoms with E-state index in [1.165, 1.54) is 12.1 Å². The molecule has 1 aromatic rings. The Bertz CT molecular complexity index is 347. The zero-order valence-corrected chi connectivity index (χ0v) is 8.73. The van der Waals surface area contributed by atoms with E-state index < -0.39 is 17.8 Å². The molecule has 15 heavy (non-hydrogen) atoms. The summed E-state index contributed by atoms with van der Waals surface area (Å²) < 4.78 is 36.9. The van der Waals surface area contributed by atoms with E-state index in [2.05, 4.69) is 0 Å². The lowest BCUT2D eigenvalue weighted by Gasteiger charge is -2.11. The van der Waals surface area contributed by atoms with Gasteiger partial charge in [-0.1, -0.05) is 17.7 Å². The van der Waals surface area contributed by atoms with Gasteiger partial charge in [0.25, 0.3) is 0 Å². The largest absolute Gasteiger partial charge is 0.417 e. The number of halogens is 4. The molecule has 1 N–H and O–H groups in total. The first-order valence-electron chi connectivity index (χ1n) is 4.34. The average molecular weight is 239 g/mol. The smallest absolute Gasteiger partial charge is 0.393 e. The molecule has 0 heterocycles. The number of aliphatic hydroxyl groups excluding tert-OH is 1. The van der Waals surface area contributed by atoms with Crippen LogP contribution >= 0.6 is 11.6 Å². The van der Waals surface area contributed by atoms with Crippen LogP contribution in [0.2, 0.25) is 5.02 Å². The highest BCUT2D eigenvalue weighted by molar-refractivity contribution is 6.31. The minimum Gasteiger partial charge on any atom is -0.393 e. The van der Waals surface area contributed by atoms with E-state index in [0.29, 0.717) is 5.56 Å². The summed E-state index contributed by atoms with van der Waals surface area (Å²) in [5.41, 5.74) is -0.262. The summed E-state index contributed by atoms with van der Waals surface area (Å²) in [5.74, 6) is 0. The maximum atomic E-state index is 12.3. The molecule has 0 unspecified atom stereocenters. The van der Waals surface area contributed by atoms with Gasteiger partial charge in [-0.2, -0.15) is 13.2 Å². The van der Waals surface area contributed by atoms with Gasteiger partial charge >= 0.3 is 6.18 Å². The summed E-state index contributed by atoms with van der Waals surface area (Å²) in [5, 5.41) is 8.73. The lowest BCUT2D eigenvalue weighted by Crippen LogP contribution is -2.08. The van der Waals surface area contributed by atoms with Crippen LogP contribution in [0.5, 0.6) is 0 Å². The lowest BCUT2D eigenvalue weighted by molar-refractivity contribution is -0.137. The van der Waals surface area contributed by atoms with E-state index in [0.717, 1.165) is 6.07 Å². The molecule has 0 aliphatic carbocycles. The van der Waals surface area contributed by atoms with E-state index >= 15 is 0 Å². The first kappa shape index (κ1) is 12.3. The van der Waals surface area contributed by atoms with Gasteiger partial charge < -0.3 is 5.11 Å². The molecule has 0 aliphatic rings. The molecule has 0 saturated heterocycles. The van der Waals surface area contributed by atoms with Crippen LogP contribution in [-0.4, -0.2) is 11.2 Å². The van der Waals surface area contributed by atoms with Crippen LogP contribution in [0.15, 0.2) is 18.2 Å². The van der Waals surface area contributed by atoms with Gasteiger partial charge in [0.15, 0.2) is 0 Å². The van der Waals surface area contributed by atoms with Crippen LogP contribution in [0, 0.1) is 0 Å². The molecule has 0 radical (unpaired) electrons. The maximum absolute atomic E-state index is 12.3. The predicted molar refractivity (Wildman–Crippen MR) is 51.8 cm³/mol. The molecule has 84 valence electrons. The molecule has 0 amide bonds. The Balaban J connectivity index is 2.99. The Labute approximate surface area is 90.5 Å². The summed E-state index contributed by atoms with van der Waals surface area (Å²) >= 11 is 5.50. The molecular formula is C10H10ClF3O. The maximum Gasteiger partial charge on any atom is 0.417 e. The lowest BCUT2D eigenvalue weighted by atomic mass is 10.1. The minimum atomic E-state index is -4.43. The topological polar surface area (TPSA) is 20.2 Å². The third-order valence-electron chi connectivity index (χ3n) is 1.87. The van der Waals surface area contributed by atoms with E-state index in [9.17, 15) is 13.2 Å². The van der Waals surface area contributed by atoms with Gasteiger partial charge in [-0.25, -0.2) is 0 Å². The molecule has 0 spiro atoms. The molecule has 0 aromatic heterocycles. The average Bonchev–Trinajstić information content (AvgIpc) is 1.99. The van der Waals surface area contributed by atoms with Crippen molar-refractivity contribution in [3.63, 3.8) is 0 Å². The Morgan fingerprint density at radius 1 is 1.40 bits per heavy atom. The Kier molecular flexibility index (Phi) is 3.62. The van der Waals surface area contributed by atoms with Gasteiger partial charge in [0.1, 0.15) is 0 Å². The van der Waals surface area contributed by atoms with Crippen molar-refractivity contribution in [2.75, 3.05) is 0 Å².